The lowest BCUT2D eigenvalue weighted by Crippen LogP contribution is -2.62. The summed E-state index contributed by atoms with van der Waals surface area (Å²) in [4.78, 5) is 23.9. The van der Waals surface area contributed by atoms with Crippen LogP contribution in [0.15, 0.2) is 11.1 Å². The number of rotatable bonds is 1. The van der Waals surface area contributed by atoms with Gasteiger partial charge in [-0.2, -0.15) is 0 Å². The van der Waals surface area contributed by atoms with Gasteiger partial charge in [0.25, 0.3) is 5.79 Å². The zero-order valence-corrected chi connectivity index (χ0v) is 17.2. The molecule has 6 aliphatic rings. The summed E-state index contributed by atoms with van der Waals surface area (Å²) in [6.45, 7) is 10.2. The van der Waals surface area contributed by atoms with Gasteiger partial charge >= 0.3 is 11.9 Å². The van der Waals surface area contributed by atoms with E-state index in [9.17, 15) is 9.59 Å². The summed E-state index contributed by atoms with van der Waals surface area (Å²) in [7, 11) is 0. The molecule has 0 amide bonds. The van der Waals surface area contributed by atoms with Gasteiger partial charge in [-0.3, -0.25) is 4.79 Å². The molecule has 0 aromatic heterocycles. The van der Waals surface area contributed by atoms with Crippen LogP contribution < -0.4 is 0 Å². The highest BCUT2D eigenvalue weighted by Crippen LogP contribution is 2.78. The summed E-state index contributed by atoms with van der Waals surface area (Å²) >= 11 is 0. The summed E-state index contributed by atoms with van der Waals surface area (Å²) in [5.41, 5.74) is 1.29. The van der Waals surface area contributed by atoms with Crippen LogP contribution in [0.25, 0.3) is 0 Å². The Hall–Kier alpha value is -1.40. The molecular weight excluding hydrogens is 360 g/mol. The lowest BCUT2D eigenvalue weighted by atomic mass is 9.43. The Morgan fingerprint density at radius 2 is 1.89 bits per heavy atom. The van der Waals surface area contributed by atoms with Gasteiger partial charge in [-0.05, 0) is 43.9 Å². The molecule has 3 aliphatic heterocycles. The smallest absolute Gasteiger partial charge is 0.336 e. The topological polar surface area (TPSA) is 77.7 Å². The van der Waals surface area contributed by atoms with Crippen molar-refractivity contribution in [3.8, 4) is 0 Å². The molecule has 0 radical (unpaired) electrons. The van der Waals surface area contributed by atoms with Crippen molar-refractivity contribution in [2.24, 2.45) is 22.7 Å². The fraction of sp³-hybridized carbons (Fsp3) is 0.818. The molecule has 2 saturated heterocycles. The molecule has 8 atom stereocenters. The van der Waals surface area contributed by atoms with Gasteiger partial charge < -0.3 is 18.9 Å². The summed E-state index contributed by atoms with van der Waals surface area (Å²) in [6, 6.07) is 0. The summed E-state index contributed by atoms with van der Waals surface area (Å²) in [6.07, 6.45) is 3.58. The summed E-state index contributed by atoms with van der Waals surface area (Å²) < 4.78 is 24.1. The number of epoxide rings is 2. The van der Waals surface area contributed by atoms with E-state index in [-0.39, 0.29) is 52.6 Å². The number of esters is 2. The van der Waals surface area contributed by atoms with E-state index in [4.69, 9.17) is 18.9 Å². The van der Waals surface area contributed by atoms with Gasteiger partial charge in [-0.15, -0.1) is 0 Å². The van der Waals surface area contributed by atoms with Gasteiger partial charge in [-0.25, -0.2) is 4.79 Å². The van der Waals surface area contributed by atoms with E-state index in [1.807, 2.05) is 6.92 Å². The highest BCUT2D eigenvalue weighted by Gasteiger charge is 2.88. The first kappa shape index (κ1) is 17.5. The van der Waals surface area contributed by atoms with Crippen molar-refractivity contribution in [1.29, 1.82) is 0 Å². The molecule has 3 aliphatic carbocycles. The zero-order chi connectivity index (χ0) is 19.9. The van der Waals surface area contributed by atoms with Gasteiger partial charge in [0.2, 0.25) is 0 Å². The Labute approximate surface area is 164 Å². The van der Waals surface area contributed by atoms with Crippen molar-refractivity contribution in [3.63, 3.8) is 0 Å². The molecule has 2 spiro atoms. The van der Waals surface area contributed by atoms with Gasteiger partial charge in [0, 0.05) is 29.4 Å². The number of ether oxygens (including phenoxy) is 4. The van der Waals surface area contributed by atoms with Crippen LogP contribution in [-0.4, -0.2) is 41.6 Å². The van der Waals surface area contributed by atoms with Crippen molar-refractivity contribution in [2.75, 3.05) is 0 Å². The van der Waals surface area contributed by atoms with Crippen molar-refractivity contribution in [3.05, 3.63) is 11.1 Å². The second-order valence-electron chi connectivity index (χ2n) is 10.6. The summed E-state index contributed by atoms with van der Waals surface area (Å²) in [5, 5.41) is 0. The molecule has 5 fully saturated rings. The standard InChI is InChI=1S/C22H28O6/c1-10-14-16-21(26-16)9-6-12-19(3,4)13(25-11(2)23)7-8-20(12,5)15(21)17-22(14,27-17)28-18(10)24/h12-13,15-17H,6-9H2,1-5H3/t12-,13+,15?,16-,17+,20-,21+,22+/m1/s1. The van der Waals surface area contributed by atoms with E-state index in [1.165, 1.54) is 6.92 Å². The molecule has 6 rings (SSSR count). The molecule has 0 aromatic rings. The Morgan fingerprint density at radius 1 is 1.14 bits per heavy atom. The van der Waals surface area contributed by atoms with Gasteiger partial charge in [0.15, 0.2) is 0 Å². The third-order valence-corrected chi connectivity index (χ3v) is 9.08. The SMILES string of the molecule is CC(=O)O[C@H]1CC[C@@]2(C)C3[C@@H]4O[C@@]45OC(=O)C(C)=C5[C@H]4O[C@@]34CC[C@@H]2C1(C)C. The highest BCUT2D eigenvalue weighted by atomic mass is 16.8. The lowest BCUT2D eigenvalue weighted by molar-refractivity contribution is -0.186. The van der Waals surface area contributed by atoms with Crippen molar-refractivity contribution in [1.82, 2.24) is 0 Å². The van der Waals surface area contributed by atoms with Crippen molar-refractivity contribution >= 4 is 11.9 Å². The zero-order valence-electron chi connectivity index (χ0n) is 17.2. The van der Waals surface area contributed by atoms with E-state index in [1.54, 1.807) is 0 Å². The molecule has 3 saturated carbocycles. The van der Waals surface area contributed by atoms with Crippen molar-refractivity contribution in [2.45, 2.75) is 90.0 Å². The summed E-state index contributed by atoms with van der Waals surface area (Å²) in [5.74, 6) is -0.738. The molecule has 28 heavy (non-hydrogen) atoms. The normalized spacial score (nSPS) is 54.5. The first-order valence-corrected chi connectivity index (χ1v) is 10.6. The van der Waals surface area contributed by atoms with Crippen LogP contribution in [-0.2, 0) is 28.5 Å². The van der Waals surface area contributed by atoms with Crippen LogP contribution in [0.3, 0.4) is 0 Å². The molecule has 6 heteroatoms. The van der Waals surface area contributed by atoms with Crippen LogP contribution in [0.1, 0.15) is 60.3 Å². The van der Waals surface area contributed by atoms with E-state index < -0.39 is 5.79 Å². The molecule has 1 unspecified atom stereocenters. The maximum absolute atomic E-state index is 12.3. The minimum atomic E-state index is -0.863. The van der Waals surface area contributed by atoms with E-state index in [0.717, 1.165) is 31.3 Å². The quantitative estimate of drug-likeness (QED) is 0.508. The lowest BCUT2D eigenvalue weighted by Gasteiger charge is -2.61. The minimum Gasteiger partial charge on any atom is -0.462 e. The third kappa shape index (κ3) is 1.71. The number of hydrogen-bond donors (Lipinski definition) is 0. The van der Waals surface area contributed by atoms with Crippen LogP contribution in [0.4, 0.5) is 0 Å². The van der Waals surface area contributed by atoms with Gasteiger partial charge in [0.05, 0.1) is 0 Å². The fourth-order valence-corrected chi connectivity index (χ4v) is 7.91. The third-order valence-electron chi connectivity index (χ3n) is 9.08. The minimum absolute atomic E-state index is 0.00422. The van der Waals surface area contributed by atoms with E-state index in [0.29, 0.717) is 11.5 Å². The molecule has 0 N–H and O–H groups in total. The molecule has 6 nitrogen and oxygen atoms in total. The molecule has 0 bridgehead atoms. The molecular formula is C22H28O6. The largest absolute Gasteiger partial charge is 0.462 e. The number of carbonyl (C=O) groups excluding carboxylic acids is 2. The second-order valence-corrected chi connectivity index (χ2v) is 10.6. The van der Waals surface area contributed by atoms with Crippen LogP contribution in [0.5, 0.6) is 0 Å². The van der Waals surface area contributed by atoms with Crippen LogP contribution in [0.2, 0.25) is 0 Å². The Bertz CT molecular complexity index is 859. The Kier molecular flexibility index (Phi) is 2.91. The van der Waals surface area contributed by atoms with Crippen LogP contribution >= 0.6 is 0 Å². The maximum Gasteiger partial charge on any atom is 0.336 e. The number of fused-ring (bicyclic) bond motifs is 4. The average Bonchev–Trinajstić information content (AvgIpc) is 3.45. The first-order valence-electron chi connectivity index (χ1n) is 10.6. The van der Waals surface area contributed by atoms with E-state index in [2.05, 4.69) is 20.8 Å². The highest BCUT2D eigenvalue weighted by molar-refractivity contribution is 5.93. The first-order chi connectivity index (χ1) is 13.1. The average molecular weight is 388 g/mol. The molecule has 0 aromatic carbocycles. The van der Waals surface area contributed by atoms with E-state index >= 15 is 0 Å². The monoisotopic (exact) mass is 388 g/mol. The number of hydrogen-bond acceptors (Lipinski definition) is 6. The fourth-order valence-electron chi connectivity index (χ4n) is 7.91. The predicted octanol–water partition coefficient (Wildman–Crippen LogP) is 2.89. The number of carbonyl (C=O) groups is 2. The van der Waals surface area contributed by atoms with Crippen molar-refractivity contribution < 1.29 is 28.5 Å². The molecule has 152 valence electrons. The molecule has 3 heterocycles. The maximum atomic E-state index is 12.3. The second kappa shape index (κ2) is 4.67. The van der Waals surface area contributed by atoms with Gasteiger partial charge in [0.1, 0.15) is 23.9 Å². The predicted molar refractivity (Wildman–Crippen MR) is 96.9 cm³/mol. The van der Waals surface area contributed by atoms with Crippen LogP contribution in [0, 0.1) is 22.7 Å². The Balaban J connectivity index is 1.40. The Morgan fingerprint density at radius 3 is 2.61 bits per heavy atom. The van der Waals surface area contributed by atoms with Gasteiger partial charge in [-0.1, -0.05) is 20.8 Å².